The SMILES string of the molecule is CCCCc1c(N2CCN(S(=O)(=O)N(C)C)CC2)cnn(-c2cc(F)cc(F)c2)c1=O. The molecule has 0 N–H and O–H groups in total. The van der Waals surface area contributed by atoms with Crippen LogP contribution in [0.25, 0.3) is 5.69 Å². The molecule has 1 fully saturated rings. The van der Waals surface area contributed by atoms with E-state index in [0.717, 1.165) is 35.7 Å². The monoisotopic (exact) mass is 455 g/mol. The molecule has 1 aromatic carbocycles. The highest BCUT2D eigenvalue weighted by Gasteiger charge is 2.30. The number of piperazine rings is 1. The second-order valence-corrected chi connectivity index (χ2v) is 9.78. The summed E-state index contributed by atoms with van der Waals surface area (Å²) in [6, 6.07) is 2.86. The van der Waals surface area contributed by atoms with Crippen LogP contribution < -0.4 is 10.5 Å². The van der Waals surface area contributed by atoms with E-state index in [1.54, 1.807) is 0 Å². The first-order chi connectivity index (χ1) is 14.6. The van der Waals surface area contributed by atoms with Crippen LogP contribution in [0.2, 0.25) is 0 Å². The van der Waals surface area contributed by atoms with Gasteiger partial charge in [0.15, 0.2) is 0 Å². The van der Waals surface area contributed by atoms with Gasteiger partial charge in [-0.15, -0.1) is 0 Å². The van der Waals surface area contributed by atoms with Crippen molar-refractivity contribution in [2.75, 3.05) is 45.2 Å². The van der Waals surface area contributed by atoms with Gasteiger partial charge in [-0.1, -0.05) is 13.3 Å². The Morgan fingerprint density at radius 2 is 1.68 bits per heavy atom. The molecule has 0 saturated carbocycles. The number of nitrogens with zero attached hydrogens (tertiary/aromatic N) is 5. The topological polar surface area (TPSA) is 78.8 Å². The van der Waals surface area contributed by atoms with Gasteiger partial charge < -0.3 is 4.90 Å². The van der Waals surface area contributed by atoms with Crippen LogP contribution in [-0.2, 0) is 16.6 Å². The minimum absolute atomic E-state index is 0.0219. The summed E-state index contributed by atoms with van der Waals surface area (Å²) in [6.45, 7) is 3.39. The quantitative estimate of drug-likeness (QED) is 0.636. The molecular formula is C20H27F2N5O3S. The summed E-state index contributed by atoms with van der Waals surface area (Å²) in [6.07, 6.45) is 3.63. The first-order valence-electron chi connectivity index (χ1n) is 10.2. The lowest BCUT2D eigenvalue weighted by Crippen LogP contribution is -2.52. The molecule has 1 aromatic heterocycles. The molecule has 31 heavy (non-hydrogen) atoms. The van der Waals surface area contributed by atoms with Crippen molar-refractivity contribution in [3.05, 3.63) is 51.9 Å². The number of anilines is 1. The van der Waals surface area contributed by atoms with Crippen molar-refractivity contribution >= 4 is 15.9 Å². The van der Waals surface area contributed by atoms with E-state index in [1.807, 2.05) is 11.8 Å². The number of hydrogen-bond acceptors (Lipinski definition) is 5. The van der Waals surface area contributed by atoms with E-state index in [9.17, 15) is 22.0 Å². The smallest absolute Gasteiger partial charge is 0.281 e. The summed E-state index contributed by atoms with van der Waals surface area (Å²) in [4.78, 5) is 15.1. The maximum Gasteiger partial charge on any atom is 0.281 e. The predicted molar refractivity (Wildman–Crippen MR) is 115 cm³/mol. The van der Waals surface area contributed by atoms with Crippen molar-refractivity contribution in [1.29, 1.82) is 0 Å². The lowest BCUT2D eigenvalue weighted by molar-refractivity contribution is 0.355. The minimum atomic E-state index is -3.50. The van der Waals surface area contributed by atoms with Gasteiger partial charge in [-0.3, -0.25) is 4.79 Å². The van der Waals surface area contributed by atoms with E-state index in [0.29, 0.717) is 30.8 Å². The molecule has 1 saturated heterocycles. The largest absolute Gasteiger partial charge is 0.367 e. The zero-order valence-electron chi connectivity index (χ0n) is 17.9. The van der Waals surface area contributed by atoms with Crippen molar-refractivity contribution in [3.63, 3.8) is 0 Å². The van der Waals surface area contributed by atoms with Gasteiger partial charge in [-0.2, -0.15) is 26.8 Å². The Hall–Kier alpha value is -2.37. The van der Waals surface area contributed by atoms with E-state index in [4.69, 9.17) is 0 Å². The Kier molecular flexibility index (Phi) is 7.07. The van der Waals surface area contributed by atoms with Gasteiger partial charge in [0.2, 0.25) is 0 Å². The highest BCUT2D eigenvalue weighted by atomic mass is 32.2. The first-order valence-corrected chi connectivity index (χ1v) is 11.5. The molecule has 2 heterocycles. The molecular weight excluding hydrogens is 428 g/mol. The second kappa shape index (κ2) is 9.41. The molecule has 1 aliphatic rings. The highest BCUT2D eigenvalue weighted by molar-refractivity contribution is 7.86. The van der Waals surface area contributed by atoms with Crippen molar-refractivity contribution < 1.29 is 17.2 Å². The van der Waals surface area contributed by atoms with Crippen LogP contribution >= 0.6 is 0 Å². The molecule has 0 unspecified atom stereocenters. The third kappa shape index (κ3) is 4.94. The number of hydrogen-bond donors (Lipinski definition) is 0. The minimum Gasteiger partial charge on any atom is -0.367 e. The van der Waals surface area contributed by atoms with E-state index in [-0.39, 0.29) is 18.8 Å². The number of unbranched alkanes of at least 4 members (excludes halogenated alkanes) is 1. The summed E-state index contributed by atoms with van der Waals surface area (Å²) in [5.74, 6) is -1.58. The molecule has 2 aromatic rings. The van der Waals surface area contributed by atoms with E-state index in [1.165, 1.54) is 28.9 Å². The van der Waals surface area contributed by atoms with Crippen LogP contribution in [0.4, 0.5) is 14.5 Å². The maximum absolute atomic E-state index is 13.7. The standard InChI is InChI=1S/C20H27F2N5O3S/c1-4-5-6-18-19(25-7-9-26(10-8-25)31(29,30)24(2)3)14-23-27(20(18)28)17-12-15(21)11-16(22)13-17/h11-14H,4-10H2,1-3H3. The maximum atomic E-state index is 13.7. The average Bonchev–Trinajstić information content (AvgIpc) is 2.72. The predicted octanol–water partition coefficient (Wildman–Crippen LogP) is 1.78. The van der Waals surface area contributed by atoms with Gasteiger partial charge in [0.1, 0.15) is 11.6 Å². The third-order valence-electron chi connectivity index (χ3n) is 5.29. The number of aromatic nitrogens is 2. The summed E-state index contributed by atoms with van der Waals surface area (Å²) >= 11 is 0. The molecule has 170 valence electrons. The van der Waals surface area contributed by atoms with Crippen LogP contribution in [0.5, 0.6) is 0 Å². The fraction of sp³-hybridized carbons (Fsp3) is 0.500. The molecule has 11 heteroatoms. The third-order valence-corrected chi connectivity index (χ3v) is 7.24. The zero-order chi connectivity index (χ0) is 22.8. The fourth-order valence-corrected chi connectivity index (χ4v) is 4.66. The van der Waals surface area contributed by atoms with E-state index in [2.05, 4.69) is 5.10 Å². The van der Waals surface area contributed by atoms with Crippen LogP contribution in [0, 0.1) is 11.6 Å². The molecule has 0 spiro atoms. The number of halogens is 2. The van der Waals surface area contributed by atoms with E-state index >= 15 is 0 Å². The lowest BCUT2D eigenvalue weighted by atomic mass is 10.1. The Bertz CT molecular complexity index is 1080. The Morgan fingerprint density at radius 3 is 2.23 bits per heavy atom. The van der Waals surface area contributed by atoms with Crippen molar-refractivity contribution in [1.82, 2.24) is 18.4 Å². The number of benzene rings is 1. The van der Waals surface area contributed by atoms with Gasteiger partial charge in [-0.25, -0.2) is 8.78 Å². The van der Waals surface area contributed by atoms with Crippen LogP contribution in [-0.4, -0.2) is 67.1 Å². The van der Waals surface area contributed by atoms with E-state index < -0.39 is 27.4 Å². The number of rotatable bonds is 7. The molecule has 3 rings (SSSR count). The van der Waals surface area contributed by atoms with Gasteiger partial charge >= 0.3 is 0 Å². The second-order valence-electron chi connectivity index (χ2n) is 7.63. The zero-order valence-corrected chi connectivity index (χ0v) is 18.7. The summed E-state index contributed by atoms with van der Waals surface area (Å²) < 4.78 is 55.6. The fourth-order valence-electron chi connectivity index (χ4n) is 3.58. The summed E-state index contributed by atoms with van der Waals surface area (Å²) in [7, 11) is -0.523. The van der Waals surface area contributed by atoms with Crippen molar-refractivity contribution in [3.8, 4) is 5.69 Å². The molecule has 0 atom stereocenters. The van der Waals surface area contributed by atoms with Crippen molar-refractivity contribution in [2.45, 2.75) is 26.2 Å². The molecule has 8 nitrogen and oxygen atoms in total. The summed E-state index contributed by atoms with van der Waals surface area (Å²) in [5.41, 5.74) is 0.729. The first kappa shape index (κ1) is 23.3. The Balaban J connectivity index is 1.94. The van der Waals surface area contributed by atoms with Gasteiger partial charge in [0, 0.05) is 51.9 Å². The molecule has 0 aliphatic carbocycles. The average molecular weight is 456 g/mol. The molecule has 0 bridgehead atoms. The van der Waals surface area contributed by atoms with Gasteiger partial charge in [-0.05, 0) is 25.0 Å². The molecule has 0 radical (unpaired) electrons. The van der Waals surface area contributed by atoms with Gasteiger partial charge in [0.25, 0.3) is 15.8 Å². The Labute approximate surface area is 180 Å². The lowest BCUT2D eigenvalue weighted by Gasteiger charge is -2.36. The molecule has 0 amide bonds. The molecule has 1 aliphatic heterocycles. The van der Waals surface area contributed by atoms with Crippen LogP contribution in [0.3, 0.4) is 0 Å². The normalized spacial score (nSPS) is 15.6. The highest BCUT2D eigenvalue weighted by Crippen LogP contribution is 2.22. The van der Waals surface area contributed by atoms with Gasteiger partial charge in [0.05, 0.1) is 17.6 Å². The van der Waals surface area contributed by atoms with Crippen LogP contribution in [0.15, 0.2) is 29.2 Å². The summed E-state index contributed by atoms with van der Waals surface area (Å²) in [5, 5.41) is 4.16. The van der Waals surface area contributed by atoms with Crippen molar-refractivity contribution in [2.24, 2.45) is 0 Å². The Morgan fingerprint density at radius 1 is 1.06 bits per heavy atom. The van der Waals surface area contributed by atoms with Crippen LogP contribution in [0.1, 0.15) is 25.3 Å².